The molecule has 3 rings (SSSR count). The van der Waals surface area contributed by atoms with Crippen LogP contribution in [-0.4, -0.2) is 49.0 Å². The van der Waals surface area contributed by atoms with E-state index in [1.807, 2.05) is 18.2 Å². The maximum atomic E-state index is 11.8. The number of hydrogen-bond donors (Lipinski definition) is 3. The number of aliphatic imine (C=N–C) groups is 1. The van der Waals surface area contributed by atoms with E-state index in [0.717, 1.165) is 30.9 Å². The van der Waals surface area contributed by atoms with E-state index in [-0.39, 0.29) is 11.8 Å². The van der Waals surface area contributed by atoms with Gasteiger partial charge in [-0.1, -0.05) is 25.1 Å². The molecule has 0 saturated carbocycles. The molecule has 0 bridgehead atoms. The summed E-state index contributed by atoms with van der Waals surface area (Å²) in [7, 11) is 0. The second kappa shape index (κ2) is 7.66. The first kappa shape index (κ1) is 16.8. The minimum Gasteiger partial charge on any atom is -0.370 e. The molecule has 1 saturated heterocycles. The molecule has 2 unspecified atom stereocenters. The molecule has 2 atom stereocenters. The minimum atomic E-state index is 0.0561. The lowest BCUT2D eigenvalue weighted by Gasteiger charge is -2.26. The van der Waals surface area contributed by atoms with Crippen LogP contribution in [-0.2, 0) is 4.79 Å². The van der Waals surface area contributed by atoms with E-state index >= 15 is 0 Å². The Morgan fingerprint density at radius 3 is 3.12 bits per heavy atom. The van der Waals surface area contributed by atoms with E-state index in [2.05, 4.69) is 33.5 Å². The molecule has 2 aliphatic heterocycles. The van der Waals surface area contributed by atoms with Gasteiger partial charge in [0.1, 0.15) is 0 Å². The average molecular weight is 329 g/mol. The van der Waals surface area contributed by atoms with E-state index in [1.54, 1.807) is 0 Å². The highest BCUT2D eigenvalue weighted by Gasteiger charge is 2.25. The maximum absolute atomic E-state index is 11.8. The third-order valence-corrected chi connectivity index (χ3v) is 5.01. The Hall–Kier alpha value is -2.08. The van der Waals surface area contributed by atoms with Crippen molar-refractivity contribution in [3.63, 3.8) is 0 Å². The molecule has 6 nitrogen and oxygen atoms in total. The molecule has 2 aliphatic rings. The third-order valence-electron chi connectivity index (χ3n) is 5.01. The number of para-hydroxylation sites is 1. The minimum absolute atomic E-state index is 0.0561. The molecule has 1 fully saturated rings. The largest absolute Gasteiger partial charge is 0.370 e. The number of nitrogens with zero attached hydrogens (tertiary/aromatic N) is 2. The van der Waals surface area contributed by atoms with Gasteiger partial charge in [0.25, 0.3) is 0 Å². The molecule has 1 amide bonds. The number of carbonyl (C=O) groups excluding carboxylic acids is 1. The van der Waals surface area contributed by atoms with Gasteiger partial charge >= 0.3 is 0 Å². The van der Waals surface area contributed by atoms with Crippen LogP contribution < -0.4 is 16.4 Å². The van der Waals surface area contributed by atoms with Gasteiger partial charge in [0.15, 0.2) is 5.96 Å². The van der Waals surface area contributed by atoms with Crippen molar-refractivity contribution in [1.82, 2.24) is 10.2 Å². The van der Waals surface area contributed by atoms with Gasteiger partial charge < -0.3 is 16.4 Å². The normalized spacial score (nSPS) is 24.5. The Morgan fingerprint density at radius 2 is 2.29 bits per heavy atom. The Morgan fingerprint density at radius 1 is 1.46 bits per heavy atom. The number of likely N-dealkylation sites (tertiary alicyclic amines) is 1. The van der Waals surface area contributed by atoms with Crippen molar-refractivity contribution in [2.24, 2.45) is 10.7 Å². The zero-order valence-corrected chi connectivity index (χ0v) is 14.3. The lowest BCUT2D eigenvalue weighted by atomic mass is 9.90. The van der Waals surface area contributed by atoms with Crippen LogP contribution in [0.3, 0.4) is 0 Å². The Bertz CT molecular complexity index is 615. The van der Waals surface area contributed by atoms with E-state index < -0.39 is 0 Å². The SMILES string of the molecule is CCN1CCCC1CN=C(N)NCC1CC(=O)Nc2ccccc21. The number of nitrogens with two attached hydrogens (primary N) is 1. The molecule has 4 N–H and O–H groups in total. The summed E-state index contributed by atoms with van der Waals surface area (Å²) in [5.74, 6) is 0.657. The maximum Gasteiger partial charge on any atom is 0.225 e. The fourth-order valence-electron chi connectivity index (χ4n) is 3.69. The molecule has 1 aromatic carbocycles. The number of hydrogen-bond acceptors (Lipinski definition) is 3. The Balaban J connectivity index is 1.55. The quantitative estimate of drug-likeness (QED) is 0.565. The van der Waals surface area contributed by atoms with Gasteiger partial charge in [-0.05, 0) is 37.6 Å². The molecular formula is C18H27N5O. The number of rotatable bonds is 5. The summed E-state index contributed by atoms with van der Waals surface area (Å²) in [6, 6.07) is 8.45. The van der Waals surface area contributed by atoms with E-state index in [9.17, 15) is 4.79 Å². The number of carbonyl (C=O) groups is 1. The monoisotopic (exact) mass is 329 g/mol. The summed E-state index contributed by atoms with van der Waals surface area (Å²) in [4.78, 5) is 18.8. The summed E-state index contributed by atoms with van der Waals surface area (Å²) in [5, 5.41) is 6.12. The highest BCUT2D eigenvalue weighted by atomic mass is 16.1. The van der Waals surface area contributed by atoms with Gasteiger partial charge in [-0.2, -0.15) is 0 Å². The Kier molecular flexibility index (Phi) is 5.35. The molecule has 130 valence electrons. The average Bonchev–Trinajstić information content (AvgIpc) is 3.05. The van der Waals surface area contributed by atoms with Gasteiger partial charge in [-0.3, -0.25) is 14.7 Å². The van der Waals surface area contributed by atoms with Crippen molar-refractivity contribution < 1.29 is 4.79 Å². The third kappa shape index (κ3) is 3.87. The number of likely N-dealkylation sites (N-methyl/N-ethyl adjacent to an activating group) is 1. The predicted molar refractivity (Wildman–Crippen MR) is 97.2 cm³/mol. The van der Waals surface area contributed by atoms with E-state index in [0.29, 0.717) is 25.0 Å². The molecule has 0 aliphatic carbocycles. The van der Waals surface area contributed by atoms with Crippen LogP contribution in [0.1, 0.15) is 37.7 Å². The van der Waals surface area contributed by atoms with Crippen molar-refractivity contribution in [3.8, 4) is 0 Å². The molecule has 0 aromatic heterocycles. The van der Waals surface area contributed by atoms with Gasteiger partial charge in [-0.25, -0.2) is 0 Å². The lowest BCUT2D eigenvalue weighted by Crippen LogP contribution is -2.38. The standard InChI is InChI=1S/C18H27N5O/c1-2-23-9-5-6-14(23)12-21-18(19)20-11-13-10-17(24)22-16-8-4-3-7-15(13)16/h3-4,7-8,13-14H,2,5-6,9-12H2,1H3,(H,22,24)(H3,19,20,21). The van der Waals surface area contributed by atoms with Crippen molar-refractivity contribution in [3.05, 3.63) is 29.8 Å². The molecule has 0 spiro atoms. The second-order valence-electron chi connectivity index (χ2n) is 6.57. The molecule has 6 heteroatoms. The predicted octanol–water partition coefficient (Wildman–Crippen LogP) is 1.50. The number of guanidine groups is 1. The van der Waals surface area contributed by atoms with Crippen LogP contribution in [0, 0.1) is 0 Å². The summed E-state index contributed by atoms with van der Waals surface area (Å²) < 4.78 is 0. The fraction of sp³-hybridized carbons (Fsp3) is 0.556. The van der Waals surface area contributed by atoms with Crippen LogP contribution in [0.25, 0.3) is 0 Å². The zero-order valence-electron chi connectivity index (χ0n) is 14.3. The molecule has 2 heterocycles. The first-order valence-electron chi connectivity index (χ1n) is 8.84. The van der Waals surface area contributed by atoms with Crippen molar-refractivity contribution in [1.29, 1.82) is 0 Å². The fourth-order valence-corrected chi connectivity index (χ4v) is 3.69. The number of anilines is 1. The summed E-state index contributed by atoms with van der Waals surface area (Å²) in [6.45, 7) is 5.80. The number of amides is 1. The van der Waals surface area contributed by atoms with E-state index in [4.69, 9.17) is 5.73 Å². The second-order valence-corrected chi connectivity index (χ2v) is 6.57. The van der Waals surface area contributed by atoms with Crippen LogP contribution in [0.2, 0.25) is 0 Å². The highest BCUT2D eigenvalue weighted by molar-refractivity contribution is 5.94. The van der Waals surface area contributed by atoms with Crippen LogP contribution >= 0.6 is 0 Å². The smallest absolute Gasteiger partial charge is 0.225 e. The van der Waals surface area contributed by atoms with Gasteiger partial charge in [-0.15, -0.1) is 0 Å². The van der Waals surface area contributed by atoms with Gasteiger partial charge in [0.2, 0.25) is 5.91 Å². The topological polar surface area (TPSA) is 82.8 Å². The zero-order chi connectivity index (χ0) is 16.9. The molecule has 1 aromatic rings. The van der Waals surface area contributed by atoms with Crippen molar-refractivity contribution in [2.45, 2.75) is 38.1 Å². The number of nitrogens with one attached hydrogen (secondary N) is 2. The first-order valence-corrected chi connectivity index (χ1v) is 8.84. The lowest BCUT2D eigenvalue weighted by molar-refractivity contribution is -0.116. The van der Waals surface area contributed by atoms with Gasteiger partial charge in [0.05, 0.1) is 6.54 Å². The molecule has 0 radical (unpaired) electrons. The summed E-state index contributed by atoms with van der Waals surface area (Å²) >= 11 is 0. The Labute approximate surface area is 143 Å². The van der Waals surface area contributed by atoms with Crippen LogP contribution in [0.15, 0.2) is 29.3 Å². The van der Waals surface area contributed by atoms with Crippen LogP contribution in [0.5, 0.6) is 0 Å². The van der Waals surface area contributed by atoms with Gasteiger partial charge in [0, 0.05) is 30.6 Å². The van der Waals surface area contributed by atoms with Crippen molar-refractivity contribution >= 4 is 17.6 Å². The number of fused-ring (bicyclic) bond motifs is 1. The van der Waals surface area contributed by atoms with Crippen molar-refractivity contribution in [2.75, 3.05) is 31.5 Å². The first-order chi connectivity index (χ1) is 11.7. The van der Waals surface area contributed by atoms with E-state index in [1.165, 1.54) is 12.8 Å². The highest BCUT2D eigenvalue weighted by Crippen LogP contribution is 2.31. The van der Waals surface area contributed by atoms with Crippen LogP contribution in [0.4, 0.5) is 5.69 Å². The summed E-state index contributed by atoms with van der Waals surface area (Å²) in [6.07, 6.45) is 2.92. The summed E-state index contributed by atoms with van der Waals surface area (Å²) in [5.41, 5.74) is 8.09. The molecule has 24 heavy (non-hydrogen) atoms. The number of benzene rings is 1. The molecular weight excluding hydrogens is 302 g/mol.